The van der Waals surface area contributed by atoms with Gasteiger partial charge in [0, 0.05) is 0 Å². The standard InChI is InChI=1S/4FH.Na.Yb/h4*1H;;/q;;;;+1;+3/p-4. The molecule has 0 saturated carbocycles. The molecule has 0 spiro atoms. The summed E-state index contributed by atoms with van der Waals surface area (Å²) < 4.78 is 0. The summed E-state index contributed by atoms with van der Waals surface area (Å²) in [5, 5.41) is 0. The number of hydrogen-bond acceptors (Lipinski definition) is 0. The first-order chi connectivity index (χ1) is 0. The molecule has 1 radical (unpaired) electrons. The average Bonchev–Trinajstić information content (AvgIpc) is 0. The molecule has 0 unspecified atom stereocenters. The molecule has 0 nitrogen and oxygen atoms in total. The van der Waals surface area contributed by atoms with E-state index in [-0.39, 0.29) is 95.3 Å². The molecule has 0 bridgehead atoms. The molecule has 0 aliphatic rings. The Kier molecular flexibility index (Phi) is 806. The number of hydrogen-bond donors (Lipinski definition) is 0. The summed E-state index contributed by atoms with van der Waals surface area (Å²) in [7, 11) is 0. The average molecular weight is 272 g/mol. The maximum Gasteiger partial charge on any atom is 3.00 e. The van der Waals surface area contributed by atoms with Gasteiger partial charge in [0.1, 0.15) is 0 Å². The molecule has 6 heavy (non-hydrogen) atoms. The molecule has 0 fully saturated rings. The van der Waals surface area contributed by atoms with Gasteiger partial charge in [-0.25, -0.2) is 0 Å². The van der Waals surface area contributed by atoms with Gasteiger partial charge in [0.05, 0.1) is 0 Å². The molecule has 0 rings (SSSR count). The maximum atomic E-state index is 0. The Balaban J connectivity index is 0. The Labute approximate surface area is 93.4 Å². The van der Waals surface area contributed by atoms with Crippen LogP contribution in [-0.4, -0.2) is 0 Å². The predicted molar refractivity (Wildman–Crippen MR) is 0 cm³/mol. The van der Waals surface area contributed by atoms with Crippen molar-refractivity contribution >= 4 is 0 Å². The van der Waals surface area contributed by atoms with Crippen molar-refractivity contribution in [1.29, 1.82) is 0 Å². The van der Waals surface area contributed by atoms with Gasteiger partial charge >= 0.3 is 76.5 Å². The third kappa shape index (κ3) is 34.2. The zero-order chi connectivity index (χ0) is 0. The summed E-state index contributed by atoms with van der Waals surface area (Å²) >= 11 is 0. The normalized spacial score (nSPS) is 0. The van der Waals surface area contributed by atoms with Crippen molar-refractivity contribution in [1.82, 2.24) is 0 Å². The van der Waals surface area contributed by atoms with E-state index in [1.54, 1.807) is 0 Å². The minimum Gasteiger partial charge on any atom is -1.00 e. The first-order valence-corrected chi connectivity index (χ1v) is 0. The molecular weight excluding hydrogens is 272 g/mol. The summed E-state index contributed by atoms with van der Waals surface area (Å²) in [5.74, 6) is 0. The summed E-state index contributed by atoms with van der Waals surface area (Å²) in [4.78, 5) is 0. The molecule has 0 aliphatic heterocycles. The van der Waals surface area contributed by atoms with Gasteiger partial charge in [0.15, 0.2) is 0 Å². The van der Waals surface area contributed by atoms with Crippen LogP contribution in [0.5, 0.6) is 0 Å². The van der Waals surface area contributed by atoms with Crippen LogP contribution in [0.15, 0.2) is 0 Å². The molecule has 6 heteroatoms. The van der Waals surface area contributed by atoms with Crippen molar-refractivity contribution in [3.63, 3.8) is 0 Å². The topological polar surface area (TPSA) is 0 Å². The molecule has 0 aromatic heterocycles. The van der Waals surface area contributed by atoms with Crippen LogP contribution < -0.4 is 48.4 Å². The quantitative estimate of drug-likeness (QED) is 0.303. The van der Waals surface area contributed by atoms with E-state index in [2.05, 4.69) is 0 Å². The zero-order valence-electron chi connectivity index (χ0n) is 2.78. The van der Waals surface area contributed by atoms with Crippen molar-refractivity contribution in [2.45, 2.75) is 0 Å². The van der Waals surface area contributed by atoms with Crippen molar-refractivity contribution in [2.75, 3.05) is 0 Å². The van der Waals surface area contributed by atoms with Crippen molar-refractivity contribution in [3.05, 3.63) is 0 Å². The van der Waals surface area contributed by atoms with Crippen LogP contribution in [0.4, 0.5) is 0 Å². The molecule has 43 valence electrons. The molecule has 0 heterocycles. The molecule has 0 amide bonds. The first kappa shape index (κ1) is 86.1. The van der Waals surface area contributed by atoms with Crippen molar-refractivity contribution in [2.24, 2.45) is 0 Å². The Morgan fingerprint density at radius 1 is 0.500 bits per heavy atom. The predicted octanol–water partition coefficient (Wildman–Crippen LogP) is -15.0. The zero-order valence-corrected chi connectivity index (χ0v) is 6.49. The van der Waals surface area contributed by atoms with Crippen molar-refractivity contribution in [3.8, 4) is 0 Å². The Bertz CT molecular complexity index is 7.51. The van der Waals surface area contributed by atoms with Gasteiger partial charge < -0.3 is 18.8 Å². The Morgan fingerprint density at radius 3 is 0.500 bits per heavy atom. The third-order valence-electron chi connectivity index (χ3n) is 0. The fraction of sp³-hybridized carbons (Fsp3) is 0. The van der Waals surface area contributed by atoms with E-state index < -0.39 is 0 Å². The summed E-state index contributed by atoms with van der Waals surface area (Å²) in [6.45, 7) is 0. The van der Waals surface area contributed by atoms with Gasteiger partial charge in [-0.05, 0) is 0 Å². The molecule has 0 atom stereocenters. The van der Waals surface area contributed by atoms with Crippen LogP contribution in [0.2, 0.25) is 0 Å². The van der Waals surface area contributed by atoms with Gasteiger partial charge in [-0.1, -0.05) is 0 Å². The van der Waals surface area contributed by atoms with Crippen LogP contribution in [0.1, 0.15) is 0 Å². The maximum absolute atomic E-state index is 0. The van der Waals surface area contributed by atoms with Gasteiger partial charge in [0.25, 0.3) is 0 Å². The Hall–Kier alpha value is 2.24. The summed E-state index contributed by atoms with van der Waals surface area (Å²) in [6, 6.07) is 0. The van der Waals surface area contributed by atoms with Crippen LogP contribution in [0.3, 0.4) is 0 Å². The monoisotopic (exact) mass is 273 g/mol. The van der Waals surface area contributed by atoms with E-state index in [1.807, 2.05) is 0 Å². The van der Waals surface area contributed by atoms with E-state index in [9.17, 15) is 0 Å². The van der Waals surface area contributed by atoms with E-state index >= 15 is 0 Å². The number of halogens is 4. The minimum absolute atomic E-state index is 0. The van der Waals surface area contributed by atoms with E-state index in [4.69, 9.17) is 0 Å². The molecule has 0 aromatic carbocycles. The molecule has 0 aromatic rings. The van der Waals surface area contributed by atoms with Crippen LogP contribution in [0, 0.1) is 46.9 Å². The van der Waals surface area contributed by atoms with E-state index in [0.717, 1.165) is 0 Å². The number of rotatable bonds is 0. The second kappa shape index (κ2) is 56.2. The largest absolute Gasteiger partial charge is 3.00 e. The van der Waals surface area contributed by atoms with Gasteiger partial charge in [0.2, 0.25) is 0 Å². The fourth-order valence-electron chi connectivity index (χ4n) is 0. The van der Waals surface area contributed by atoms with Gasteiger partial charge in [-0.15, -0.1) is 0 Å². The molecule has 0 saturated heterocycles. The van der Waals surface area contributed by atoms with Crippen LogP contribution in [0.25, 0.3) is 0 Å². The minimum atomic E-state index is 0. The van der Waals surface area contributed by atoms with E-state index in [1.165, 1.54) is 0 Å². The molecule has 0 N–H and O–H groups in total. The van der Waals surface area contributed by atoms with Crippen LogP contribution in [-0.2, 0) is 0 Å². The SMILES string of the molecule is [F-].[F-].[F-].[F-].[Na+].[Yb+3]. The first-order valence-electron chi connectivity index (χ1n) is 0. The second-order valence-corrected chi connectivity index (χ2v) is 0. The second-order valence-electron chi connectivity index (χ2n) is 0. The summed E-state index contributed by atoms with van der Waals surface area (Å²) in [6.07, 6.45) is 0. The van der Waals surface area contributed by atoms with Gasteiger partial charge in [-0.2, -0.15) is 0 Å². The molecular formula is F4NaYb. The molecule has 0 aliphatic carbocycles. The van der Waals surface area contributed by atoms with Crippen LogP contribution >= 0.6 is 0 Å². The Morgan fingerprint density at radius 2 is 0.500 bits per heavy atom. The smallest absolute Gasteiger partial charge is 1.00 e. The van der Waals surface area contributed by atoms with Crippen molar-refractivity contribution < 1.29 is 95.3 Å². The fourth-order valence-corrected chi connectivity index (χ4v) is 0. The summed E-state index contributed by atoms with van der Waals surface area (Å²) in [5.41, 5.74) is 0. The third-order valence-corrected chi connectivity index (χ3v) is 0. The van der Waals surface area contributed by atoms with E-state index in [0.29, 0.717) is 0 Å². The van der Waals surface area contributed by atoms with Gasteiger partial charge in [-0.3, -0.25) is 0 Å².